The fraction of sp³-hybridized carbons (Fsp3) is 0.306. The number of aromatic amines is 2. The van der Waals surface area contributed by atoms with Crippen LogP contribution in [0.1, 0.15) is 18.4 Å². The van der Waals surface area contributed by atoms with E-state index in [1.807, 2.05) is 44.6 Å². The van der Waals surface area contributed by atoms with Crippen molar-refractivity contribution in [1.82, 2.24) is 34.9 Å². The van der Waals surface area contributed by atoms with E-state index < -0.39 is 0 Å². The standard InChI is InChI=1S/C36H38FN7O2/c1-23-14-33-30(19-29(23)25-17-28(22-38-21-25)46-12-10-43(2)3)36(42-41-33)34-20-31-32(40-34)6-7-39-35(31)24-15-26(37)18-27(16-24)45-13-11-44-8-4-5-9-44/h6-7,14-22,40H,4-5,8-13H2,1-3H3,(H,41,42). The maximum absolute atomic E-state index is 14.8. The van der Waals surface area contributed by atoms with Crippen LogP contribution >= 0.6 is 0 Å². The zero-order valence-corrected chi connectivity index (χ0v) is 26.4. The largest absolute Gasteiger partial charge is 0.492 e. The van der Waals surface area contributed by atoms with Crippen molar-refractivity contribution in [2.45, 2.75) is 19.8 Å². The summed E-state index contributed by atoms with van der Waals surface area (Å²) in [4.78, 5) is 17.1. The molecule has 5 heterocycles. The van der Waals surface area contributed by atoms with E-state index in [0.29, 0.717) is 30.2 Å². The molecule has 1 fully saturated rings. The first-order valence-electron chi connectivity index (χ1n) is 15.8. The van der Waals surface area contributed by atoms with E-state index in [0.717, 1.165) is 81.8 Å². The van der Waals surface area contributed by atoms with E-state index in [9.17, 15) is 4.39 Å². The molecule has 1 aliphatic rings. The van der Waals surface area contributed by atoms with E-state index >= 15 is 0 Å². The Kier molecular flexibility index (Phi) is 8.38. The van der Waals surface area contributed by atoms with Crippen molar-refractivity contribution in [3.63, 3.8) is 0 Å². The van der Waals surface area contributed by atoms with E-state index in [-0.39, 0.29) is 5.82 Å². The van der Waals surface area contributed by atoms with Crippen molar-refractivity contribution < 1.29 is 13.9 Å². The van der Waals surface area contributed by atoms with Crippen LogP contribution < -0.4 is 9.47 Å². The molecule has 4 aromatic heterocycles. The van der Waals surface area contributed by atoms with Crippen molar-refractivity contribution in [3.05, 3.63) is 78.5 Å². The molecule has 0 atom stereocenters. The summed E-state index contributed by atoms with van der Waals surface area (Å²) in [6.07, 6.45) is 7.80. The second-order valence-corrected chi connectivity index (χ2v) is 12.2. The van der Waals surface area contributed by atoms with Gasteiger partial charge < -0.3 is 19.4 Å². The molecule has 0 bridgehead atoms. The Bertz CT molecular complexity index is 1990. The van der Waals surface area contributed by atoms with Gasteiger partial charge >= 0.3 is 0 Å². The van der Waals surface area contributed by atoms with Crippen molar-refractivity contribution >= 4 is 21.8 Å². The highest BCUT2D eigenvalue weighted by molar-refractivity contribution is 6.01. The number of halogens is 1. The Labute approximate surface area is 267 Å². The lowest BCUT2D eigenvalue weighted by molar-refractivity contribution is 0.237. The maximum Gasteiger partial charge on any atom is 0.138 e. The molecule has 1 saturated heterocycles. The number of hydrogen-bond acceptors (Lipinski definition) is 7. The van der Waals surface area contributed by atoms with Gasteiger partial charge in [0.25, 0.3) is 0 Å². The van der Waals surface area contributed by atoms with Crippen LogP contribution in [0.25, 0.3) is 55.6 Å². The number of nitrogens with zero attached hydrogens (tertiary/aromatic N) is 5. The molecule has 2 aromatic carbocycles. The zero-order chi connectivity index (χ0) is 31.6. The number of pyridine rings is 2. The normalized spacial score (nSPS) is 13.8. The summed E-state index contributed by atoms with van der Waals surface area (Å²) >= 11 is 0. The first-order valence-corrected chi connectivity index (χ1v) is 15.8. The van der Waals surface area contributed by atoms with E-state index in [1.165, 1.54) is 25.0 Å². The monoisotopic (exact) mass is 619 g/mol. The smallest absolute Gasteiger partial charge is 0.138 e. The summed E-state index contributed by atoms with van der Waals surface area (Å²) in [7, 11) is 4.04. The number of likely N-dealkylation sites (N-methyl/N-ethyl adjacent to an activating group) is 1. The highest BCUT2D eigenvalue weighted by Gasteiger charge is 2.18. The molecule has 6 aromatic rings. The summed E-state index contributed by atoms with van der Waals surface area (Å²) in [5, 5.41) is 9.75. The molecule has 236 valence electrons. The van der Waals surface area contributed by atoms with Crippen LogP contribution in [0.5, 0.6) is 11.5 Å². The molecule has 0 amide bonds. The van der Waals surface area contributed by atoms with Crippen molar-refractivity contribution in [3.8, 4) is 45.3 Å². The number of rotatable bonds is 11. The first-order chi connectivity index (χ1) is 22.4. The van der Waals surface area contributed by atoms with Crippen LogP contribution in [0.15, 0.2) is 67.1 Å². The summed E-state index contributed by atoms with van der Waals surface area (Å²) in [6, 6.07) is 15.1. The molecule has 0 spiro atoms. The van der Waals surface area contributed by atoms with Crippen LogP contribution in [-0.2, 0) is 0 Å². The minimum Gasteiger partial charge on any atom is -0.492 e. The Hall–Kier alpha value is -4.80. The number of nitrogens with one attached hydrogen (secondary N) is 2. The number of likely N-dealkylation sites (tertiary alicyclic amines) is 1. The van der Waals surface area contributed by atoms with Gasteiger partial charge in [0.05, 0.1) is 23.1 Å². The Morgan fingerprint density at radius 2 is 1.67 bits per heavy atom. The second kappa shape index (κ2) is 12.9. The summed E-state index contributed by atoms with van der Waals surface area (Å²) < 4.78 is 26.8. The average Bonchev–Trinajstić information content (AvgIpc) is 3.80. The highest BCUT2D eigenvalue weighted by atomic mass is 19.1. The number of H-pyrrole nitrogens is 2. The molecule has 46 heavy (non-hydrogen) atoms. The zero-order valence-electron chi connectivity index (χ0n) is 26.4. The predicted molar refractivity (Wildman–Crippen MR) is 180 cm³/mol. The SMILES string of the molecule is Cc1cc2[nH]nc(-c3cc4c(-c5cc(F)cc(OCCN6CCCC6)c5)nccc4[nH]3)c2cc1-c1cncc(OCCN(C)C)c1. The van der Waals surface area contributed by atoms with Gasteiger partial charge in [-0.2, -0.15) is 5.10 Å². The molecular formula is C36H38FN7O2. The van der Waals surface area contributed by atoms with E-state index in [2.05, 4.69) is 48.9 Å². The molecule has 0 aliphatic carbocycles. The molecule has 7 rings (SSSR count). The highest BCUT2D eigenvalue weighted by Crippen LogP contribution is 2.37. The van der Waals surface area contributed by atoms with Gasteiger partial charge in [0.15, 0.2) is 0 Å². The van der Waals surface area contributed by atoms with Gasteiger partial charge in [0.2, 0.25) is 0 Å². The summed E-state index contributed by atoms with van der Waals surface area (Å²) in [5.41, 5.74) is 7.91. The molecule has 10 heteroatoms. The fourth-order valence-corrected chi connectivity index (χ4v) is 6.17. The molecule has 0 radical (unpaired) electrons. The minimum atomic E-state index is -0.355. The van der Waals surface area contributed by atoms with Gasteiger partial charge in [0.1, 0.15) is 36.2 Å². The average molecular weight is 620 g/mol. The van der Waals surface area contributed by atoms with E-state index in [1.54, 1.807) is 12.4 Å². The van der Waals surface area contributed by atoms with E-state index in [4.69, 9.17) is 14.6 Å². The Morgan fingerprint density at radius 1 is 0.870 bits per heavy atom. The molecule has 0 unspecified atom stereocenters. The van der Waals surface area contributed by atoms with Crippen LogP contribution in [0, 0.1) is 12.7 Å². The van der Waals surface area contributed by atoms with Crippen LogP contribution in [0.4, 0.5) is 4.39 Å². The van der Waals surface area contributed by atoms with Crippen molar-refractivity contribution in [2.24, 2.45) is 0 Å². The van der Waals surface area contributed by atoms with Crippen LogP contribution in [0.2, 0.25) is 0 Å². The third-order valence-electron chi connectivity index (χ3n) is 8.56. The van der Waals surface area contributed by atoms with Crippen molar-refractivity contribution in [2.75, 3.05) is 53.5 Å². The number of hydrogen-bond donors (Lipinski definition) is 2. The van der Waals surface area contributed by atoms with Gasteiger partial charge in [-0.05, 0) is 101 Å². The van der Waals surface area contributed by atoms with Gasteiger partial charge in [0, 0.05) is 59.0 Å². The van der Waals surface area contributed by atoms with Crippen LogP contribution in [0.3, 0.4) is 0 Å². The molecule has 0 saturated carbocycles. The van der Waals surface area contributed by atoms with Crippen molar-refractivity contribution in [1.29, 1.82) is 0 Å². The number of aryl methyl sites for hydroxylation is 1. The third kappa shape index (κ3) is 6.31. The Morgan fingerprint density at radius 3 is 2.52 bits per heavy atom. The number of aromatic nitrogens is 5. The number of ether oxygens (including phenoxy) is 2. The first kappa shape index (κ1) is 29.9. The lowest BCUT2D eigenvalue weighted by atomic mass is 9.98. The van der Waals surface area contributed by atoms with Gasteiger partial charge in [-0.15, -0.1) is 0 Å². The molecule has 2 N–H and O–H groups in total. The summed E-state index contributed by atoms with van der Waals surface area (Å²) in [5.74, 6) is 0.886. The summed E-state index contributed by atoms with van der Waals surface area (Å²) in [6.45, 7) is 7.05. The van der Waals surface area contributed by atoms with Gasteiger partial charge in [-0.1, -0.05) is 0 Å². The quantitative estimate of drug-likeness (QED) is 0.167. The Balaban J connectivity index is 1.20. The molecular weight excluding hydrogens is 581 g/mol. The fourth-order valence-electron chi connectivity index (χ4n) is 6.17. The minimum absolute atomic E-state index is 0.355. The number of fused-ring (bicyclic) bond motifs is 2. The topological polar surface area (TPSA) is 95.2 Å². The molecule has 9 nitrogen and oxygen atoms in total. The number of benzene rings is 2. The lowest BCUT2D eigenvalue weighted by Crippen LogP contribution is -2.25. The van der Waals surface area contributed by atoms with Gasteiger partial charge in [-0.25, -0.2) is 4.39 Å². The molecule has 1 aliphatic heterocycles. The second-order valence-electron chi connectivity index (χ2n) is 12.2. The lowest BCUT2D eigenvalue weighted by Gasteiger charge is -2.15. The third-order valence-corrected chi connectivity index (χ3v) is 8.56. The van der Waals surface area contributed by atoms with Crippen LogP contribution in [-0.4, -0.2) is 88.4 Å². The van der Waals surface area contributed by atoms with Gasteiger partial charge in [-0.3, -0.25) is 20.0 Å². The predicted octanol–water partition coefficient (Wildman–Crippen LogP) is 6.70. The maximum atomic E-state index is 14.8.